The third-order valence-electron chi connectivity index (χ3n) is 3.15. The molecule has 1 atom stereocenters. The second kappa shape index (κ2) is 7.35. The van der Waals surface area contributed by atoms with Crippen molar-refractivity contribution in [3.63, 3.8) is 0 Å². The fourth-order valence-corrected chi connectivity index (χ4v) is 2.60. The van der Waals surface area contributed by atoms with E-state index in [0.29, 0.717) is 5.13 Å². The molecule has 2 N–H and O–H groups in total. The smallest absolute Gasteiger partial charge is 0.372 e. The van der Waals surface area contributed by atoms with E-state index in [4.69, 9.17) is 11.6 Å². The zero-order valence-electron chi connectivity index (χ0n) is 12.7. The van der Waals surface area contributed by atoms with Crippen LogP contribution in [0.3, 0.4) is 0 Å². The molecular formula is C14H14ClF3N4OS. The van der Waals surface area contributed by atoms with Gasteiger partial charge in [0.15, 0.2) is 0 Å². The third-order valence-corrected chi connectivity index (χ3v) is 4.07. The van der Waals surface area contributed by atoms with E-state index >= 15 is 0 Å². The quantitative estimate of drug-likeness (QED) is 0.814. The molecule has 0 radical (unpaired) electrons. The Morgan fingerprint density at radius 3 is 2.54 bits per heavy atom. The first-order valence-electron chi connectivity index (χ1n) is 6.89. The lowest BCUT2D eigenvalue weighted by Gasteiger charge is -2.23. The SMILES string of the molecule is CC(C)[C@@H](Nc1ccc(C(F)(F)F)cc1Cl)C(=O)Nc1nncs1. The Balaban J connectivity index is 2.17. The van der Waals surface area contributed by atoms with Gasteiger partial charge in [-0.3, -0.25) is 10.1 Å². The summed E-state index contributed by atoms with van der Waals surface area (Å²) in [6, 6.07) is 2.24. The number of anilines is 2. The van der Waals surface area contributed by atoms with E-state index in [-0.39, 0.29) is 22.5 Å². The van der Waals surface area contributed by atoms with Crippen LogP contribution in [0.15, 0.2) is 23.7 Å². The average Bonchev–Trinajstić information content (AvgIpc) is 2.97. The van der Waals surface area contributed by atoms with Crippen molar-refractivity contribution in [2.75, 3.05) is 10.6 Å². The molecule has 0 unspecified atom stereocenters. The summed E-state index contributed by atoms with van der Waals surface area (Å²) < 4.78 is 38.0. The summed E-state index contributed by atoms with van der Waals surface area (Å²) >= 11 is 7.08. The maximum absolute atomic E-state index is 12.7. The van der Waals surface area contributed by atoms with Gasteiger partial charge in [0.25, 0.3) is 0 Å². The molecule has 130 valence electrons. The van der Waals surface area contributed by atoms with E-state index in [0.717, 1.165) is 23.5 Å². The molecule has 0 spiro atoms. The van der Waals surface area contributed by atoms with Crippen LogP contribution in [-0.2, 0) is 11.0 Å². The maximum Gasteiger partial charge on any atom is 0.416 e. The van der Waals surface area contributed by atoms with Gasteiger partial charge in [-0.1, -0.05) is 36.8 Å². The number of nitrogens with one attached hydrogen (secondary N) is 2. The van der Waals surface area contributed by atoms with E-state index in [1.54, 1.807) is 13.8 Å². The van der Waals surface area contributed by atoms with Crippen molar-refractivity contribution in [1.82, 2.24) is 10.2 Å². The molecule has 2 rings (SSSR count). The molecule has 1 aromatic heterocycles. The Hall–Kier alpha value is -1.87. The first kappa shape index (κ1) is 18.5. The van der Waals surface area contributed by atoms with Crippen LogP contribution in [0.2, 0.25) is 5.02 Å². The number of alkyl halides is 3. The number of amides is 1. The zero-order valence-corrected chi connectivity index (χ0v) is 14.3. The van der Waals surface area contributed by atoms with Crippen molar-refractivity contribution >= 4 is 39.7 Å². The largest absolute Gasteiger partial charge is 0.416 e. The van der Waals surface area contributed by atoms with Crippen LogP contribution in [0.25, 0.3) is 0 Å². The molecule has 0 aliphatic heterocycles. The molecule has 1 aromatic carbocycles. The van der Waals surface area contributed by atoms with Crippen molar-refractivity contribution in [2.24, 2.45) is 5.92 Å². The van der Waals surface area contributed by atoms with Crippen LogP contribution in [0, 0.1) is 5.92 Å². The second-order valence-electron chi connectivity index (χ2n) is 5.29. The molecule has 0 aliphatic rings. The lowest BCUT2D eigenvalue weighted by atomic mass is 10.0. The molecule has 0 aliphatic carbocycles. The molecule has 0 saturated carbocycles. The van der Waals surface area contributed by atoms with Crippen molar-refractivity contribution in [3.8, 4) is 0 Å². The zero-order chi connectivity index (χ0) is 17.9. The first-order chi connectivity index (χ1) is 11.2. The fraction of sp³-hybridized carbons (Fsp3) is 0.357. The standard InChI is InChI=1S/C14H14ClF3N4OS/c1-7(2)11(12(23)21-13-22-19-6-24-13)20-10-4-3-8(5-9(10)15)14(16,17)18/h3-7,11,20H,1-2H3,(H,21,22,23)/t11-/m1/s1. The van der Waals surface area contributed by atoms with Gasteiger partial charge in [0.2, 0.25) is 11.0 Å². The molecule has 0 saturated heterocycles. The fourth-order valence-electron chi connectivity index (χ4n) is 1.92. The number of benzene rings is 1. The van der Waals surface area contributed by atoms with E-state index in [9.17, 15) is 18.0 Å². The van der Waals surface area contributed by atoms with E-state index in [1.165, 1.54) is 11.6 Å². The summed E-state index contributed by atoms with van der Waals surface area (Å²) in [5, 5.41) is 13.0. The third kappa shape index (κ3) is 4.57. The number of hydrogen-bond donors (Lipinski definition) is 2. The second-order valence-corrected chi connectivity index (χ2v) is 6.53. The highest BCUT2D eigenvalue weighted by atomic mass is 35.5. The molecule has 10 heteroatoms. The Kier molecular flexibility index (Phi) is 5.66. The first-order valence-corrected chi connectivity index (χ1v) is 8.14. The predicted octanol–water partition coefficient (Wildman–Crippen LogP) is 4.29. The summed E-state index contributed by atoms with van der Waals surface area (Å²) in [6.45, 7) is 3.60. The molecular weight excluding hydrogens is 365 g/mol. The monoisotopic (exact) mass is 378 g/mol. The summed E-state index contributed by atoms with van der Waals surface area (Å²) in [7, 11) is 0. The Bertz CT molecular complexity index is 707. The lowest BCUT2D eigenvalue weighted by molar-refractivity contribution is -0.137. The number of carbonyl (C=O) groups excluding carboxylic acids is 1. The number of rotatable bonds is 5. The summed E-state index contributed by atoms with van der Waals surface area (Å²) in [5.41, 5.74) is 0.869. The maximum atomic E-state index is 12.7. The van der Waals surface area contributed by atoms with Crippen molar-refractivity contribution < 1.29 is 18.0 Å². The normalized spacial score (nSPS) is 13.0. The van der Waals surface area contributed by atoms with Gasteiger partial charge in [-0.25, -0.2) is 0 Å². The van der Waals surface area contributed by atoms with Crippen LogP contribution >= 0.6 is 22.9 Å². The van der Waals surface area contributed by atoms with Gasteiger partial charge in [0.05, 0.1) is 16.3 Å². The molecule has 5 nitrogen and oxygen atoms in total. The predicted molar refractivity (Wildman–Crippen MR) is 87.2 cm³/mol. The minimum absolute atomic E-state index is 0.112. The van der Waals surface area contributed by atoms with Crippen molar-refractivity contribution in [3.05, 3.63) is 34.3 Å². The van der Waals surface area contributed by atoms with Gasteiger partial charge in [-0.05, 0) is 24.1 Å². The van der Waals surface area contributed by atoms with Gasteiger partial charge >= 0.3 is 6.18 Å². The van der Waals surface area contributed by atoms with Gasteiger partial charge in [0, 0.05) is 0 Å². The van der Waals surface area contributed by atoms with Gasteiger partial charge < -0.3 is 5.32 Å². The van der Waals surface area contributed by atoms with E-state index < -0.39 is 17.8 Å². The highest BCUT2D eigenvalue weighted by Crippen LogP contribution is 2.34. The van der Waals surface area contributed by atoms with E-state index in [2.05, 4.69) is 20.8 Å². The highest BCUT2D eigenvalue weighted by molar-refractivity contribution is 7.13. The lowest BCUT2D eigenvalue weighted by Crippen LogP contribution is -2.39. The molecule has 24 heavy (non-hydrogen) atoms. The number of aromatic nitrogens is 2. The van der Waals surface area contributed by atoms with Crippen LogP contribution in [0.5, 0.6) is 0 Å². The number of hydrogen-bond acceptors (Lipinski definition) is 5. The van der Waals surface area contributed by atoms with Crippen molar-refractivity contribution in [2.45, 2.75) is 26.1 Å². The summed E-state index contributed by atoms with van der Waals surface area (Å²) in [4.78, 5) is 12.3. The Labute approximate surface area is 145 Å². The Morgan fingerprint density at radius 2 is 2.04 bits per heavy atom. The van der Waals surface area contributed by atoms with Gasteiger partial charge in [-0.15, -0.1) is 10.2 Å². The number of halogens is 4. The summed E-state index contributed by atoms with van der Waals surface area (Å²) in [6.07, 6.45) is -4.48. The highest BCUT2D eigenvalue weighted by Gasteiger charge is 2.31. The van der Waals surface area contributed by atoms with Crippen LogP contribution in [0.4, 0.5) is 24.0 Å². The van der Waals surface area contributed by atoms with E-state index in [1.807, 2.05) is 0 Å². The number of carbonyl (C=O) groups is 1. The molecule has 1 amide bonds. The average molecular weight is 379 g/mol. The molecule has 0 fully saturated rings. The molecule has 2 aromatic rings. The summed E-state index contributed by atoms with van der Waals surface area (Å²) in [5.74, 6) is -0.519. The van der Waals surface area contributed by atoms with Crippen LogP contribution in [0.1, 0.15) is 19.4 Å². The minimum atomic E-state index is -4.48. The molecule has 1 heterocycles. The van der Waals surface area contributed by atoms with Gasteiger partial charge in [-0.2, -0.15) is 13.2 Å². The van der Waals surface area contributed by atoms with Crippen LogP contribution in [-0.4, -0.2) is 22.1 Å². The Morgan fingerprint density at radius 1 is 1.33 bits per heavy atom. The minimum Gasteiger partial charge on any atom is -0.372 e. The van der Waals surface area contributed by atoms with Crippen LogP contribution < -0.4 is 10.6 Å². The number of nitrogens with zero attached hydrogens (tertiary/aromatic N) is 2. The van der Waals surface area contributed by atoms with Gasteiger partial charge in [0.1, 0.15) is 11.6 Å². The topological polar surface area (TPSA) is 66.9 Å². The van der Waals surface area contributed by atoms with Crippen molar-refractivity contribution in [1.29, 1.82) is 0 Å². The molecule has 0 bridgehead atoms.